The van der Waals surface area contributed by atoms with Crippen molar-refractivity contribution in [3.8, 4) is 17.2 Å². The number of halogens is 3. The highest BCUT2D eigenvalue weighted by Crippen LogP contribution is 2.38. The maximum absolute atomic E-state index is 14.1. The lowest BCUT2D eigenvalue weighted by molar-refractivity contribution is -0.139. The molecule has 1 aliphatic heterocycles. The number of rotatable bonds is 9. The van der Waals surface area contributed by atoms with E-state index in [2.05, 4.69) is 36.9 Å². The first-order valence-electron chi connectivity index (χ1n) is 13.4. The molecule has 3 aromatic carbocycles. The van der Waals surface area contributed by atoms with Crippen molar-refractivity contribution in [1.82, 2.24) is 4.57 Å². The van der Waals surface area contributed by atoms with Crippen molar-refractivity contribution in [3.05, 3.63) is 116 Å². The first-order chi connectivity index (χ1) is 21.2. The van der Waals surface area contributed by atoms with E-state index in [1.165, 1.54) is 23.0 Å². The van der Waals surface area contributed by atoms with Gasteiger partial charge in [-0.05, 0) is 87.7 Å². The maximum Gasteiger partial charge on any atom is 0.338 e. The Morgan fingerprint density at radius 2 is 1.82 bits per heavy atom. The number of hydrogen-bond acceptors (Lipinski definition) is 8. The van der Waals surface area contributed by atoms with Crippen molar-refractivity contribution < 1.29 is 23.7 Å². The molecule has 0 bridgehead atoms. The number of fused-ring (bicyclic) bond motifs is 1. The molecule has 1 aliphatic rings. The Morgan fingerprint density at radius 1 is 1.09 bits per heavy atom. The van der Waals surface area contributed by atoms with E-state index < -0.39 is 12.0 Å². The number of ether oxygens (including phenoxy) is 4. The van der Waals surface area contributed by atoms with Gasteiger partial charge in [-0.3, -0.25) is 9.36 Å². The van der Waals surface area contributed by atoms with Crippen LogP contribution in [0.15, 0.2) is 84.6 Å². The van der Waals surface area contributed by atoms with Crippen LogP contribution < -0.4 is 29.1 Å². The number of thiazole rings is 1. The highest BCUT2D eigenvalue weighted by atomic mass is 79.9. The monoisotopic (exact) mass is 760 g/mol. The highest BCUT2D eigenvalue weighted by molar-refractivity contribution is 9.11. The zero-order chi connectivity index (χ0) is 31.5. The number of benzene rings is 3. The Labute approximate surface area is 279 Å². The van der Waals surface area contributed by atoms with E-state index >= 15 is 0 Å². The molecule has 0 saturated carbocycles. The van der Waals surface area contributed by atoms with Crippen molar-refractivity contribution in [2.45, 2.75) is 26.5 Å². The van der Waals surface area contributed by atoms with Gasteiger partial charge in [0.05, 0.1) is 45.6 Å². The van der Waals surface area contributed by atoms with Gasteiger partial charge in [-0.15, -0.1) is 0 Å². The van der Waals surface area contributed by atoms with Gasteiger partial charge in [0.2, 0.25) is 0 Å². The molecule has 0 N–H and O–H groups in total. The van der Waals surface area contributed by atoms with Crippen LogP contribution in [0.2, 0.25) is 5.02 Å². The smallest absolute Gasteiger partial charge is 0.338 e. The predicted octanol–water partition coefficient (Wildman–Crippen LogP) is 6.57. The molecule has 0 saturated heterocycles. The number of carbonyl (C=O) groups is 1. The van der Waals surface area contributed by atoms with Gasteiger partial charge in [0, 0.05) is 22.2 Å². The Kier molecular flexibility index (Phi) is 9.99. The molecule has 0 fully saturated rings. The van der Waals surface area contributed by atoms with Crippen LogP contribution in [0.4, 0.5) is 0 Å². The average Bonchev–Trinajstić information content (AvgIpc) is 3.30. The fourth-order valence-electron chi connectivity index (χ4n) is 4.85. The summed E-state index contributed by atoms with van der Waals surface area (Å²) in [6.45, 7) is 3.93. The molecule has 1 aromatic heterocycles. The van der Waals surface area contributed by atoms with Crippen molar-refractivity contribution in [2.75, 3.05) is 20.8 Å². The molecule has 2 heterocycles. The maximum atomic E-state index is 14.1. The van der Waals surface area contributed by atoms with Crippen LogP contribution in [0, 0.1) is 0 Å². The first kappa shape index (κ1) is 32.0. The van der Waals surface area contributed by atoms with Gasteiger partial charge in [0.15, 0.2) is 4.80 Å². The summed E-state index contributed by atoms with van der Waals surface area (Å²) in [6.07, 6.45) is 1.78. The molecule has 0 radical (unpaired) electrons. The second-order valence-electron chi connectivity index (χ2n) is 9.60. The number of esters is 1. The number of methoxy groups -OCH3 is 2. The Hall–Kier alpha value is -3.38. The third-order valence-electron chi connectivity index (χ3n) is 6.90. The molecule has 0 unspecified atom stereocenters. The normalized spacial score (nSPS) is 14.6. The minimum absolute atomic E-state index is 0.175. The molecule has 4 aromatic rings. The number of nitrogens with zero attached hydrogens (tertiary/aromatic N) is 2. The van der Waals surface area contributed by atoms with Crippen LogP contribution >= 0.6 is 54.8 Å². The largest absolute Gasteiger partial charge is 0.497 e. The van der Waals surface area contributed by atoms with Crippen molar-refractivity contribution in [3.63, 3.8) is 0 Å². The SMILES string of the molecule is CCOC(=O)C1=C(C)N=c2s/c(=C\c3cc(Br)c(OCc4ccccc4Cl)c(Br)c3)c(=O)n2[C@H]1c1ccc(OC)cc1OC. The van der Waals surface area contributed by atoms with Crippen LogP contribution in [0.3, 0.4) is 0 Å². The number of carbonyl (C=O) groups excluding carboxylic acids is 1. The number of allylic oxidation sites excluding steroid dienone is 1. The van der Waals surface area contributed by atoms with Gasteiger partial charge in [-0.1, -0.05) is 41.1 Å². The Bertz CT molecular complexity index is 1950. The van der Waals surface area contributed by atoms with E-state index in [-0.39, 0.29) is 24.3 Å². The van der Waals surface area contributed by atoms with Crippen molar-refractivity contribution in [2.24, 2.45) is 4.99 Å². The van der Waals surface area contributed by atoms with E-state index in [4.69, 9.17) is 30.5 Å². The fourth-order valence-corrected chi connectivity index (χ4v) is 7.54. The standard InChI is InChI=1S/C32H27Br2ClN2O6S/c1-5-42-31(39)27-17(2)36-32-37(28(27)21-11-10-20(40-3)15-25(21)41-4)30(38)26(44-32)14-18-12-22(33)29(23(34)13-18)43-16-19-8-6-7-9-24(19)35/h6-15,28H,5,16H2,1-4H3/b26-14-/t28-/m0/s1. The Morgan fingerprint density at radius 3 is 2.48 bits per heavy atom. The topological polar surface area (TPSA) is 88.4 Å². The molecule has 228 valence electrons. The molecule has 0 amide bonds. The van der Waals surface area contributed by atoms with Crippen LogP contribution in [0.5, 0.6) is 17.2 Å². The molecule has 5 rings (SSSR count). The van der Waals surface area contributed by atoms with Gasteiger partial charge in [-0.25, -0.2) is 9.79 Å². The average molecular weight is 763 g/mol. The lowest BCUT2D eigenvalue weighted by Gasteiger charge is -2.26. The molecule has 8 nitrogen and oxygen atoms in total. The minimum atomic E-state index is -0.827. The number of hydrogen-bond donors (Lipinski definition) is 0. The molecule has 0 aliphatic carbocycles. The summed E-state index contributed by atoms with van der Waals surface area (Å²) >= 11 is 14.7. The van der Waals surface area contributed by atoms with E-state index in [9.17, 15) is 9.59 Å². The zero-order valence-electron chi connectivity index (χ0n) is 24.2. The molecular weight excluding hydrogens is 736 g/mol. The Balaban J connectivity index is 1.60. The lowest BCUT2D eigenvalue weighted by Crippen LogP contribution is -2.40. The van der Waals surface area contributed by atoms with Gasteiger partial charge in [0.1, 0.15) is 29.9 Å². The summed E-state index contributed by atoms with van der Waals surface area (Å²) in [4.78, 5) is 32.4. The molecule has 44 heavy (non-hydrogen) atoms. The summed E-state index contributed by atoms with van der Waals surface area (Å²) in [5, 5.41) is 0.624. The van der Waals surface area contributed by atoms with Crippen LogP contribution in [0.1, 0.15) is 36.6 Å². The second kappa shape index (κ2) is 13.7. The summed E-state index contributed by atoms with van der Waals surface area (Å²) < 4.78 is 25.8. The fraction of sp³-hybridized carbons (Fsp3) is 0.219. The van der Waals surface area contributed by atoms with E-state index in [1.807, 2.05) is 36.4 Å². The van der Waals surface area contributed by atoms with Crippen LogP contribution in [0.25, 0.3) is 6.08 Å². The van der Waals surface area contributed by atoms with E-state index in [1.54, 1.807) is 45.2 Å². The summed E-state index contributed by atoms with van der Waals surface area (Å²) in [7, 11) is 3.08. The highest BCUT2D eigenvalue weighted by Gasteiger charge is 2.35. The molecule has 12 heteroatoms. The second-order valence-corrected chi connectivity index (χ2v) is 12.7. The van der Waals surface area contributed by atoms with Gasteiger partial charge in [0.25, 0.3) is 5.56 Å². The minimum Gasteiger partial charge on any atom is -0.497 e. The summed E-state index contributed by atoms with van der Waals surface area (Å²) in [5.74, 6) is 1.09. The third-order valence-corrected chi connectivity index (χ3v) is 9.43. The zero-order valence-corrected chi connectivity index (χ0v) is 28.9. The van der Waals surface area contributed by atoms with Gasteiger partial charge in [-0.2, -0.15) is 0 Å². The molecular formula is C32H27Br2ClN2O6S. The predicted molar refractivity (Wildman–Crippen MR) is 178 cm³/mol. The number of aromatic nitrogens is 1. The van der Waals surface area contributed by atoms with E-state index in [0.29, 0.717) is 51.8 Å². The van der Waals surface area contributed by atoms with Crippen molar-refractivity contribution in [1.29, 1.82) is 0 Å². The van der Waals surface area contributed by atoms with Gasteiger partial charge < -0.3 is 18.9 Å². The quantitative estimate of drug-likeness (QED) is 0.179. The van der Waals surface area contributed by atoms with Gasteiger partial charge >= 0.3 is 5.97 Å². The lowest BCUT2D eigenvalue weighted by atomic mass is 9.95. The van der Waals surface area contributed by atoms with Crippen LogP contribution in [-0.4, -0.2) is 31.4 Å². The molecule has 1 atom stereocenters. The summed E-state index contributed by atoms with van der Waals surface area (Å²) in [5.41, 5.74) is 2.63. The molecule has 0 spiro atoms. The van der Waals surface area contributed by atoms with Crippen molar-refractivity contribution >= 4 is 66.8 Å². The third kappa shape index (κ3) is 6.37. The van der Waals surface area contributed by atoms with Crippen LogP contribution in [-0.2, 0) is 16.1 Å². The first-order valence-corrected chi connectivity index (χ1v) is 16.2. The van der Waals surface area contributed by atoms with E-state index in [0.717, 1.165) is 11.1 Å². The summed E-state index contributed by atoms with van der Waals surface area (Å²) in [6, 6.07) is 15.7.